The first-order valence-corrected chi connectivity index (χ1v) is 9.99. The van der Waals surface area contributed by atoms with Crippen molar-refractivity contribution in [2.75, 3.05) is 11.9 Å². The fraction of sp³-hybridized carbons (Fsp3) is 0.222. The normalized spacial score (nSPS) is 16.6. The van der Waals surface area contributed by atoms with E-state index in [1.54, 1.807) is 29.2 Å². The molecule has 4 rings (SSSR count). The summed E-state index contributed by atoms with van der Waals surface area (Å²) in [6.07, 6.45) is 3.49. The maximum Gasteiger partial charge on any atom is 0.273 e. The van der Waals surface area contributed by atoms with E-state index in [0.29, 0.717) is 22.9 Å². The number of anilines is 1. The summed E-state index contributed by atoms with van der Waals surface area (Å²) in [5.74, 6) is 0.297. The zero-order chi connectivity index (χ0) is 17.9. The molecule has 1 aliphatic rings. The average molecular weight is 384 g/mol. The minimum Gasteiger partial charge on any atom is -0.329 e. The fourth-order valence-corrected chi connectivity index (χ4v) is 4.62. The topological polar surface area (TPSA) is 75.2 Å². The van der Waals surface area contributed by atoms with Gasteiger partial charge in [-0.05, 0) is 37.1 Å². The molecule has 1 fully saturated rings. The lowest BCUT2D eigenvalue weighted by molar-refractivity contribution is 0.0732. The van der Waals surface area contributed by atoms with E-state index in [1.165, 1.54) is 22.7 Å². The van der Waals surface area contributed by atoms with E-state index in [2.05, 4.69) is 15.3 Å². The Hall–Kier alpha value is -2.58. The van der Waals surface area contributed by atoms with Crippen LogP contribution in [0.4, 0.5) is 5.82 Å². The summed E-state index contributed by atoms with van der Waals surface area (Å²) in [6.45, 7) is 0.717. The standard InChI is InChI=1S/C18H16N4O2S2/c23-17(21-16-5-1-2-8-19-16)15-7-6-14(26-15)13-4-3-9-22(13)18(24)12-10-25-11-20-12/h1-2,5-8,10-11,13H,3-4,9H2,(H,19,21,23)/t13-/m1/s1. The molecule has 132 valence electrons. The van der Waals surface area contributed by atoms with Gasteiger partial charge in [0.15, 0.2) is 0 Å². The SMILES string of the molecule is O=C(Nc1ccccn1)c1ccc([C@H]2CCCN2C(=O)c2cscn2)s1. The van der Waals surface area contributed by atoms with Crippen molar-refractivity contribution in [3.63, 3.8) is 0 Å². The molecule has 0 unspecified atom stereocenters. The smallest absolute Gasteiger partial charge is 0.273 e. The molecular weight excluding hydrogens is 368 g/mol. The van der Waals surface area contributed by atoms with Crippen molar-refractivity contribution < 1.29 is 9.59 Å². The maximum atomic E-state index is 12.7. The second-order valence-electron chi connectivity index (χ2n) is 5.90. The summed E-state index contributed by atoms with van der Waals surface area (Å²) < 4.78 is 0. The van der Waals surface area contributed by atoms with Crippen LogP contribution in [0.1, 0.15) is 43.9 Å². The van der Waals surface area contributed by atoms with Crippen LogP contribution in [0.15, 0.2) is 47.4 Å². The van der Waals surface area contributed by atoms with E-state index in [4.69, 9.17) is 0 Å². The highest BCUT2D eigenvalue weighted by molar-refractivity contribution is 7.14. The van der Waals surface area contributed by atoms with Gasteiger partial charge in [0, 0.05) is 23.0 Å². The molecule has 0 saturated carbocycles. The third-order valence-corrected chi connectivity index (χ3v) is 6.02. The van der Waals surface area contributed by atoms with Crippen LogP contribution in [0.2, 0.25) is 0 Å². The number of likely N-dealkylation sites (tertiary alicyclic amines) is 1. The number of thiazole rings is 1. The van der Waals surface area contributed by atoms with Crippen molar-refractivity contribution in [3.05, 3.63) is 62.9 Å². The quantitative estimate of drug-likeness (QED) is 0.742. The van der Waals surface area contributed by atoms with Crippen LogP contribution in [0.25, 0.3) is 0 Å². The largest absolute Gasteiger partial charge is 0.329 e. The van der Waals surface area contributed by atoms with Gasteiger partial charge < -0.3 is 10.2 Å². The van der Waals surface area contributed by atoms with Gasteiger partial charge in [0.25, 0.3) is 11.8 Å². The minimum atomic E-state index is -0.185. The van der Waals surface area contributed by atoms with Crippen LogP contribution in [-0.4, -0.2) is 33.2 Å². The monoisotopic (exact) mass is 384 g/mol. The van der Waals surface area contributed by atoms with E-state index >= 15 is 0 Å². The van der Waals surface area contributed by atoms with E-state index in [0.717, 1.165) is 17.7 Å². The van der Waals surface area contributed by atoms with Gasteiger partial charge in [-0.1, -0.05) is 6.07 Å². The number of amides is 2. The highest BCUT2D eigenvalue weighted by atomic mass is 32.1. The molecule has 0 radical (unpaired) electrons. The van der Waals surface area contributed by atoms with Crippen LogP contribution >= 0.6 is 22.7 Å². The molecule has 0 aromatic carbocycles. The molecule has 4 heterocycles. The number of aromatic nitrogens is 2. The van der Waals surface area contributed by atoms with Crippen LogP contribution in [0.3, 0.4) is 0 Å². The molecule has 0 aliphatic carbocycles. The predicted molar refractivity (Wildman–Crippen MR) is 102 cm³/mol. The number of pyridine rings is 1. The van der Waals surface area contributed by atoms with Gasteiger partial charge in [-0.25, -0.2) is 9.97 Å². The lowest BCUT2D eigenvalue weighted by Crippen LogP contribution is -2.30. The Labute approximate surface area is 158 Å². The molecule has 1 atom stereocenters. The van der Waals surface area contributed by atoms with Gasteiger partial charge in [-0.3, -0.25) is 9.59 Å². The molecule has 26 heavy (non-hydrogen) atoms. The van der Waals surface area contributed by atoms with Crippen molar-refractivity contribution in [2.45, 2.75) is 18.9 Å². The molecule has 1 N–H and O–H groups in total. The molecule has 6 nitrogen and oxygen atoms in total. The minimum absolute atomic E-state index is 0.00519. The van der Waals surface area contributed by atoms with Crippen molar-refractivity contribution >= 4 is 40.3 Å². The van der Waals surface area contributed by atoms with Gasteiger partial charge in [0.2, 0.25) is 0 Å². The van der Waals surface area contributed by atoms with Crippen molar-refractivity contribution in [1.29, 1.82) is 0 Å². The van der Waals surface area contributed by atoms with E-state index in [-0.39, 0.29) is 17.9 Å². The Morgan fingerprint density at radius 1 is 1.19 bits per heavy atom. The van der Waals surface area contributed by atoms with E-state index in [9.17, 15) is 9.59 Å². The van der Waals surface area contributed by atoms with E-state index in [1.807, 2.05) is 23.1 Å². The molecule has 1 aliphatic heterocycles. The number of hydrogen-bond acceptors (Lipinski definition) is 6. The highest BCUT2D eigenvalue weighted by Crippen LogP contribution is 2.37. The summed E-state index contributed by atoms with van der Waals surface area (Å²) in [6, 6.07) is 9.12. The van der Waals surface area contributed by atoms with Gasteiger partial charge in [0.1, 0.15) is 11.5 Å². The number of carbonyl (C=O) groups is 2. The van der Waals surface area contributed by atoms with Crippen LogP contribution < -0.4 is 5.32 Å². The zero-order valence-electron chi connectivity index (χ0n) is 13.8. The van der Waals surface area contributed by atoms with Crippen molar-refractivity contribution in [1.82, 2.24) is 14.9 Å². The summed E-state index contributed by atoms with van der Waals surface area (Å²) in [5, 5.41) is 4.57. The zero-order valence-corrected chi connectivity index (χ0v) is 15.4. The van der Waals surface area contributed by atoms with Crippen LogP contribution in [-0.2, 0) is 0 Å². The molecule has 2 amide bonds. The summed E-state index contributed by atoms with van der Waals surface area (Å²) in [4.78, 5) is 36.8. The number of nitrogens with zero attached hydrogens (tertiary/aromatic N) is 3. The van der Waals surface area contributed by atoms with Gasteiger partial charge >= 0.3 is 0 Å². The van der Waals surface area contributed by atoms with Crippen LogP contribution in [0.5, 0.6) is 0 Å². The maximum absolute atomic E-state index is 12.7. The second-order valence-corrected chi connectivity index (χ2v) is 7.74. The number of nitrogens with one attached hydrogen (secondary N) is 1. The first kappa shape index (κ1) is 16.9. The molecule has 0 bridgehead atoms. The first-order chi connectivity index (χ1) is 12.7. The van der Waals surface area contributed by atoms with Gasteiger partial charge in [-0.15, -0.1) is 22.7 Å². The Kier molecular flexibility index (Phi) is 4.77. The summed E-state index contributed by atoms with van der Waals surface area (Å²) in [5.41, 5.74) is 2.16. The number of hydrogen-bond donors (Lipinski definition) is 1. The number of thiophene rings is 1. The number of rotatable bonds is 4. The second kappa shape index (κ2) is 7.35. The van der Waals surface area contributed by atoms with Gasteiger partial charge in [0.05, 0.1) is 16.4 Å². The molecule has 8 heteroatoms. The summed E-state index contributed by atoms with van der Waals surface area (Å²) >= 11 is 2.84. The fourth-order valence-electron chi connectivity index (χ4n) is 3.04. The molecular formula is C18H16N4O2S2. The number of carbonyl (C=O) groups excluding carboxylic acids is 2. The third kappa shape index (κ3) is 3.38. The molecule has 1 saturated heterocycles. The van der Waals surface area contributed by atoms with Crippen LogP contribution in [0, 0.1) is 0 Å². The molecule has 3 aromatic heterocycles. The Balaban J connectivity index is 1.50. The molecule has 0 spiro atoms. The average Bonchev–Trinajstić information content (AvgIpc) is 3.42. The van der Waals surface area contributed by atoms with Crippen molar-refractivity contribution in [3.8, 4) is 0 Å². The third-order valence-electron chi connectivity index (χ3n) is 4.25. The van der Waals surface area contributed by atoms with Gasteiger partial charge in [-0.2, -0.15) is 0 Å². The van der Waals surface area contributed by atoms with Crippen molar-refractivity contribution in [2.24, 2.45) is 0 Å². The lowest BCUT2D eigenvalue weighted by atomic mass is 10.2. The lowest BCUT2D eigenvalue weighted by Gasteiger charge is -2.23. The summed E-state index contributed by atoms with van der Waals surface area (Å²) in [7, 11) is 0. The Bertz CT molecular complexity index is 908. The Morgan fingerprint density at radius 2 is 2.12 bits per heavy atom. The Morgan fingerprint density at radius 3 is 2.88 bits per heavy atom. The highest BCUT2D eigenvalue weighted by Gasteiger charge is 2.32. The predicted octanol–water partition coefficient (Wildman–Crippen LogP) is 3.83. The molecule has 3 aromatic rings. The van der Waals surface area contributed by atoms with E-state index < -0.39 is 0 Å². The first-order valence-electron chi connectivity index (χ1n) is 8.23.